The van der Waals surface area contributed by atoms with Crippen LogP contribution >= 0.6 is 11.3 Å². The summed E-state index contributed by atoms with van der Waals surface area (Å²) in [5.74, 6) is 0. The normalized spacial score (nSPS) is 11.9. The number of rotatable bonds is 6. The minimum Gasteiger partial charge on any atom is -0.387 e. The van der Waals surface area contributed by atoms with Gasteiger partial charge in [-0.15, -0.1) is 0 Å². The first-order valence-electron chi connectivity index (χ1n) is 7.52. The van der Waals surface area contributed by atoms with Crippen LogP contribution in [0.1, 0.15) is 17.2 Å². The molecule has 7 heteroatoms. The Bertz CT molecular complexity index is 772. The number of hydrogen-bond donors (Lipinski definition) is 3. The average molecular weight is 342 g/mol. The number of amides is 2. The van der Waals surface area contributed by atoms with E-state index in [4.69, 9.17) is 0 Å². The van der Waals surface area contributed by atoms with Gasteiger partial charge in [0.1, 0.15) is 0 Å². The molecule has 24 heavy (non-hydrogen) atoms. The van der Waals surface area contributed by atoms with Gasteiger partial charge in [-0.05, 0) is 46.2 Å². The van der Waals surface area contributed by atoms with Crippen LogP contribution in [0.3, 0.4) is 0 Å². The molecule has 2 aromatic heterocycles. The Kier molecular flexibility index (Phi) is 5.25. The number of carbonyl (C=O) groups excluding carboxylic acids is 1. The molecule has 0 saturated carbocycles. The minimum absolute atomic E-state index is 0.162. The fraction of sp³-hybridized carbons (Fsp3) is 0.176. The molecule has 0 spiro atoms. The van der Waals surface area contributed by atoms with Gasteiger partial charge in [0.25, 0.3) is 0 Å². The third-order valence-electron chi connectivity index (χ3n) is 3.47. The average Bonchev–Trinajstić information content (AvgIpc) is 3.26. The second kappa shape index (κ2) is 7.76. The summed E-state index contributed by atoms with van der Waals surface area (Å²) in [6.07, 6.45) is 2.92. The van der Waals surface area contributed by atoms with E-state index in [0.29, 0.717) is 12.2 Å². The number of nitrogens with one attached hydrogen (secondary N) is 2. The number of nitrogens with zero attached hydrogens (tertiary/aromatic N) is 2. The standard InChI is InChI=1S/C17H18N4O2S/c22-16(14-5-8-24-12-14)10-18-17(23)20-15-4-1-3-13(9-15)11-21-7-2-6-19-21/h1-9,12,16,22H,10-11H2,(H2,18,20,23). The predicted octanol–water partition coefficient (Wildman–Crippen LogP) is 2.85. The fourth-order valence-corrected chi connectivity index (χ4v) is 2.98. The van der Waals surface area contributed by atoms with Crippen molar-refractivity contribution in [3.05, 3.63) is 70.7 Å². The van der Waals surface area contributed by atoms with E-state index in [2.05, 4.69) is 15.7 Å². The first-order valence-corrected chi connectivity index (χ1v) is 8.46. The van der Waals surface area contributed by atoms with Crippen LogP contribution in [-0.4, -0.2) is 27.5 Å². The minimum atomic E-state index is -0.701. The van der Waals surface area contributed by atoms with E-state index in [1.807, 2.05) is 58.0 Å². The van der Waals surface area contributed by atoms with Crippen LogP contribution in [0.2, 0.25) is 0 Å². The largest absolute Gasteiger partial charge is 0.387 e. The van der Waals surface area contributed by atoms with Gasteiger partial charge in [0.15, 0.2) is 0 Å². The number of anilines is 1. The fourth-order valence-electron chi connectivity index (χ4n) is 2.28. The van der Waals surface area contributed by atoms with Gasteiger partial charge in [0.2, 0.25) is 0 Å². The second-order valence-electron chi connectivity index (χ2n) is 5.31. The lowest BCUT2D eigenvalue weighted by molar-refractivity contribution is 0.175. The summed E-state index contributed by atoms with van der Waals surface area (Å²) in [7, 11) is 0. The van der Waals surface area contributed by atoms with E-state index in [1.165, 1.54) is 11.3 Å². The summed E-state index contributed by atoms with van der Waals surface area (Å²) in [5.41, 5.74) is 2.54. The Morgan fingerprint density at radius 1 is 1.33 bits per heavy atom. The molecule has 2 amide bonds. The molecule has 1 aromatic carbocycles. The van der Waals surface area contributed by atoms with Crippen molar-refractivity contribution in [2.75, 3.05) is 11.9 Å². The molecule has 1 unspecified atom stereocenters. The molecule has 0 saturated heterocycles. The van der Waals surface area contributed by atoms with E-state index in [1.54, 1.807) is 6.20 Å². The molecular formula is C17H18N4O2S. The molecule has 0 aliphatic rings. The number of hydrogen-bond acceptors (Lipinski definition) is 4. The first-order chi connectivity index (χ1) is 11.7. The molecule has 6 nitrogen and oxygen atoms in total. The van der Waals surface area contributed by atoms with Gasteiger partial charge < -0.3 is 15.7 Å². The summed E-state index contributed by atoms with van der Waals surface area (Å²) in [5, 5.41) is 23.3. The Morgan fingerprint density at radius 3 is 3.00 bits per heavy atom. The molecule has 0 radical (unpaired) electrons. The van der Waals surface area contributed by atoms with Crippen LogP contribution in [0, 0.1) is 0 Å². The Morgan fingerprint density at radius 2 is 2.25 bits per heavy atom. The van der Waals surface area contributed by atoms with Gasteiger partial charge in [-0.3, -0.25) is 4.68 Å². The maximum atomic E-state index is 12.0. The Hall–Kier alpha value is -2.64. The van der Waals surface area contributed by atoms with Crippen molar-refractivity contribution < 1.29 is 9.90 Å². The lowest BCUT2D eigenvalue weighted by Gasteiger charge is -2.12. The van der Waals surface area contributed by atoms with Crippen LogP contribution in [0.5, 0.6) is 0 Å². The molecule has 3 aromatic rings. The molecule has 1 atom stereocenters. The van der Waals surface area contributed by atoms with Gasteiger partial charge in [0, 0.05) is 24.6 Å². The number of aliphatic hydroxyl groups is 1. The van der Waals surface area contributed by atoms with Crippen molar-refractivity contribution in [3.63, 3.8) is 0 Å². The quantitative estimate of drug-likeness (QED) is 0.644. The predicted molar refractivity (Wildman–Crippen MR) is 94.1 cm³/mol. The highest BCUT2D eigenvalue weighted by Crippen LogP contribution is 2.15. The van der Waals surface area contributed by atoms with Gasteiger partial charge in [0.05, 0.1) is 12.6 Å². The highest BCUT2D eigenvalue weighted by atomic mass is 32.1. The van der Waals surface area contributed by atoms with Crippen LogP contribution in [0.25, 0.3) is 0 Å². The van der Waals surface area contributed by atoms with Crippen molar-refractivity contribution in [2.24, 2.45) is 0 Å². The molecule has 0 bridgehead atoms. The third-order valence-corrected chi connectivity index (χ3v) is 4.17. The number of benzene rings is 1. The number of thiophene rings is 1. The number of carbonyl (C=O) groups is 1. The van der Waals surface area contributed by atoms with E-state index < -0.39 is 6.10 Å². The van der Waals surface area contributed by atoms with Crippen molar-refractivity contribution in [3.8, 4) is 0 Å². The van der Waals surface area contributed by atoms with E-state index >= 15 is 0 Å². The molecule has 124 valence electrons. The third kappa shape index (κ3) is 4.43. The molecule has 2 heterocycles. The van der Waals surface area contributed by atoms with Crippen molar-refractivity contribution >= 4 is 23.1 Å². The SMILES string of the molecule is O=C(NCC(O)c1ccsc1)Nc1cccc(Cn2cccn2)c1. The molecular weight excluding hydrogens is 324 g/mol. The van der Waals surface area contributed by atoms with Crippen LogP contribution in [0.15, 0.2) is 59.6 Å². The lowest BCUT2D eigenvalue weighted by Crippen LogP contribution is -2.32. The van der Waals surface area contributed by atoms with Gasteiger partial charge in [-0.2, -0.15) is 16.4 Å². The van der Waals surface area contributed by atoms with Gasteiger partial charge in [-0.25, -0.2) is 4.79 Å². The van der Waals surface area contributed by atoms with Crippen LogP contribution in [-0.2, 0) is 6.54 Å². The first kappa shape index (κ1) is 16.2. The van der Waals surface area contributed by atoms with Gasteiger partial charge in [-0.1, -0.05) is 12.1 Å². The maximum absolute atomic E-state index is 12.0. The molecule has 0 fully saturated rings. The van der Waals surface area contributed by atoms with Gasteiger partial charge >= 0.3 is 6.03 Å². The number of urea groups is 1. The summed E-state index contributed by atoms with van der Waals surface area (Å²) >= 11 is 1.51. The maximum Gasteiger partial charge on any atom is 0.319 e. The van der Waals surface area contributed by atoms with E-state index in [-0.39, 0.29) is 12.6 Å². The highest BCUT2D eigenvalue weighted by Gasteiger charge is 2.10. The Balaban J connectivity index is 1.52. The summed E-state index contributed by atoms with van der Waals surface area (Å²) in [4.78, 5) is 12.0. The monoisotopic (exact) mass is 342 g/mol. The topological polar surface area (TPSA) is 79.2 Å². The zero-order valence-electron chi connectivity index (χ0n) is 12.9. The molecule has 3 rings (SSSR count). The van der Waals surface area contributed by atoms with E-state index in [0.717, 1.165) is 11.1 Å². The smallest absolute Gasteiger partial charge is 0.319 e. The highest BCUT2D eigenvalue weighted by molar-refractivity contribution is 7.07. The summed E-state index contributed by atoms with van der Waals surface area (Å²) in [6.45, 7) is 0.802. The van der Waals surface area contributed by atoms with Crippen molar-refractivity contribution in [1.29, 1.82) is 0 Å². The van der Waals surface area contributed by atoms with Crippen molar-refractivity contribution in [1.82, 2.24) is 15.1 Å². The van der Waals surface area contributed by atoms with Crippen LogP contribution < -0.4 is 10.6 Å². The zero-order valence-corrected chi connectivity index (χ0v) is 13.7. The van der Waals surface area contributed by atoms with Crippen LogP contribution in [0.4, 0.5) is 10.5 Å². The zero-order chi connectivity index (χ0) is 16.8. The number of aliphatic hydroxyl groups excluding tert-OH is 1. The number of aromatic nitrogens is 2. The molecule has 0 aliphatic heterocycles. The Labute approximate surface area is 143 Å². The summed E-state index contributed by atoms with van der Waals surface area (Å²) in [6, 6.07) is 10.9. The molecule has 3 N–H and O–H groups in total. The van der Waals surface area contributed by atoms with E-state index in [9.17, 15) is 9.90 Å². The second-order valence-corrected chi connectivity index (χ2v) is 6.09. The lowest BCUT2D eigenvalue weighted by atomic mass is 10.2. The molecule has 0 aliphatic carbocycles. The van der Waals surface area contributed by atoms with Crippen molar-refractivity contribution in [2.45, 2.75) is 12.6 Å². The summed E-state index contributed by atoms with van der Waals surface area (Å²) < 4.78 is 1.82.